The van der Waals surface area contributed by atoms with Gasteiger partial charge < -0.3 is 9.30 Å². The van der Waals surface area contributed by atoms with Gasteiger partial charge in [-0.2, -0.15) is 0 Å². The molecular formula is C22H21N5O2. The minimum atomic E-state index is -0.306. The first-order valence-electron chi connectivity index (χ1n) is 9.55. The zero-order valence-corrected chi connectivity index (χ0v) is 16.4. The van der Waals surface area contributed by atoms with Crippen LogP contribution < -0.4 is 10.3 Å². The molecule has 7 nitrogen and oxygen atoms in total. The highest BCUT2D eigenvalue weighted by molar-refractivity contribution is 5.31. The SMILES string of the molecule is Cc1cc(OCc2ncccn2)cc(=O)n1C(C)c1ncc(C#CC2CC2)cn1. The molecule has 0 bridgehead atoms. The average Bonchev–Trinajstić information content (AvgIpc) is 3.56. The van der Waals surface area contributed by atoms with Gasteiger partial charge in [0.05, 0.1) is 11.6 Å². The molecule has 1 unspecified atom stereocenters. The number of rotatable bonds is 5. The molecule has 0 aliphatic heterocycles. The Kier molecular flexibility index (Phi) is 5.34. The second-order valence-corrected chi connectivity index (χ2v) is 7.04. The summed E-state index contributed by atoms with van der Waals surface area (Å²) in [6.45, 7) is 3.96. The summed E-state index contributed by atoms with van der Waals surface area (Å²) in [5.74, 6) is 8.43. The number of nitrogens with zero attached hydrogens (tertiary/aromatic N) is 5. The summed E-state index contributed by atoms with van der Waals surface area (Å²) in [7, 11) is 0. The second kappa shape index (κ2) is 8.23. The lowest BCUT2D eigenvalue weighted by molar-refractivity contribution is 0.294. The van der Waals surface area contributed by atoms with E-state index in [1.807, 2.05) is 19.9 Å². The van der Waals surface area contributed by atoms with Crippen LogP contribution in [-0.4, -0.2) is 24.5 Å². The summed E-state index contributed by atoms with van der Waals surface area (Å²) in [6.07, 6.45) is 9.10. The molecule has 1 atom stereocenters. The Hall–Kier alpha value is -3.53. The predicted octanol–water partition coefficient (Wildman–Crippen LogP) is 2.69. The Morgan fingerprint density at radius 3 is 2.55 bits per heavy atom. The summed E-state index contributed by atoms with van der Waals surface area (Å²) in [4.78, 5) is 29.8. The first kappa shape index (κ1) is 18.8. The molecule has 1 aliphatic carbocycles. The summed E-state index contributed by atoms with van der Waals surface area (Å²) >= 11 is 0. The van der Waals surface area contributed by atoms with Gasteiger partial charge in [-0.15, -0.1) is 0 Å². The maximum absolute atomic E-state index is 12.7. The molecule has 0 N–H and O–H groups in total. The lowest BCUT2D eigenvalue weighted by atomic mass is 10.2. The minimum absolute atomic E-state index is 0.178. The molecule has 7 heteroatoms. The van der Waals surface area contributed by atoms with E-state index in [4.69, 9.17) is 4.74 Å². The summed E-state index contributed by atoms with van der Waals surface area (Å²) < 4.78 is 7.33. The quantitative estimate of drug-likeness (QED) is 0.626. The van der Waals surface area contributed by atoms with Crippen LogP contribution in [-0.2, 0) is 6.61 Å². The van der Waals surface area contributed by atoms with Gasteiger partial charge in [0.15, 0.2) is 11.6 Å². The van der Waals surface area contributed by atoms with Crippen LogP contribution in [0.2, 0.25) is 0 Å². The van der Waals surface area contributed by atoms with Crippen molar-refractivity contribution in [1.29, 1.82) is 0 Å². The first-order valence-corrected chi connectivity index (χ1v) is 9.55. The Bertz CT molecular complexity index is 1110. The van der Waals surface area contributed by atoms with E-state index in [2.05, 4.69) is 31.8 Å². The third-order valence-corrected chi connectivity index (χ3v) is 4.65. The topological polar surface area (TPSA) is 82.8 Å². The van der Waals surface area contributed by atoms with E-state index >= 15 is 0 Å². The zero-order chi connectivity index (χ0) is 20.2. The fraction of sp³-hybridized carbons (Fsp3) is 0.318. The van der Waals surface area contributed by atoms with Crippen LogP contribution in [0, 0.1) is 24.7 Å². The molecule has 29 heavy (non-hydrogen) atoms. The van der Waals surface area contributed by atoms with E-state index in [-0.39, 0.29) is 18.2 Å². The average molecular weight is 387 g/mol. The number of ether oxygens (including phenoxy) is 1. The molecule has 1 fully saturated rings. The van der Waals surface area contributed by atoms with Crippen molar-refractivity contribution in [3.63, 3.8) is 0 Å². The van der Waals surface area contributed by atoms with E-state index in [0.717, 1.165) is 11.3 Å². The maximum Gasteiger partial charge on any atom is 0.255 e. The van der Waals surface area contributed by atoms with Crippen LogP contribution in [0.3, 0.4) is 0 Å². The van der Waals surface area contributed by atoms with Gasteiger partial charge in [-0.1, -0.05) is 11.8 Å². The van der Waals surface area contributed by atoms with Gasteiger partial charge in [0.1, 0.15) is 12.4 Å². The van der Waals surface area contributed by atoms with Crippen molar-refractivity contribution in [2.75, 3.05) is 0 Å². The van der Waals surface area contributed by atoms with E-state index in [9.17, 15) is 4.79 Å². The molecule has 3 aromatic rings. The third kappa shape index (κ3) is 4.66. The van der Waals surface area contributed by atoms with Crippen LogP contribution in [0.15, 0.2) is 47.8 Å². The van der Waals surface area contributed by atoms with Gasteiger partial charge in [0.25, 0.3) is 5.56 Å². The van der Waals surface area contributed by atoms with Crippen molar-refractivity contribution in [2.24, 2.45) is 5.92 Å². The molecule has 1 saturated carbocycles. The van der Waals surface area contributed by atoms with Gasteiger partial charge in [0, 0.05) is 42.5 Å². The van der Waals surface area contributed by atoms with Crippen molar-refractivity contribution >= 4 is 0 Å². The van der Waals surface area contributed by atoms with E-state index < -0.39 is 0 Å². The van der Waals surface area contributed by atoms with Gasteiger partial charge in [-0.3, -0.25) is 4.79 Å². The molecule has 3 aromatic heterocycles. The van der Waals surface area contributed by atoms with Crippen molar-refractivity contribution in [3.05, 3.63) is 76.2 Å². The number of pyridine rings is 1. The van der Waals surface area contributed by atoms with E-state index in [1.165, 1.54) is 18.9 Å². The standard InChI is InChI=1S/C22H21N5O2/c1-15-10-19(29-14-20-23-8-3-9-24-20)11-21(28)27(15)16(2)22-25-12-18(13-26-22)7-6-17-4-5-17/h3,8-13,16-17H,4-5,14H2,1-2H3. The van der Waals surface area contributed by atoms with Crippen LogP contribution in [0.5, 0.6) is 5.75 Å². The van der Waals surface area contributed by atoms with Crippen molar-refractivity contribution in [2.45, 2.75) is 39.3 Å². The minimum Gasteiger partial charge on any atom is -0.485 e. The predicted molar refractivity (Wildman–Crippen MR) is 107 cm³/mol. The molecule has 0 spiro atoms. The number of aromatic nitrogens is 5. The molecule has 0 radical (unpaired) electrons. The van der Waals surface area contributed by atoms with Crippen molar-refractivity contribution in [3.8, 4) is 17.6 Å². The first-order chi connectivity index (χ1) is 14.1. The van der Waals surface area contributed by atoms with Crippen LogP contribution >= 0.6 is 0 Å². The maximum atomic E-state index is 12.7. The van der Waals surface area contributed by atoms with E-state index in [1.54, 1.807) is 35.4 Å². The summed E-state index contributed by atoms with van der Waals surface area (Å²) in [6, 6.07) is 4.71. The highest BCUT2D eigenvalue weighted by Crippen LogP contribution is 2.27. The van der Waals surface area contributed by atoms with Crippen LogP contribution in [0.1, 0.15) is 48.7 Å². The molecule has 0 aromatic carbocycles. The van der Waals surface area contributed by atoms with Gasteiger partial charge in [-0.05, 0) is 38.8 Å². The Labute approximate surface area is 168 Å². The lowest BCUT2D eigenvalue weighted by Gasteiger charge is -2.18. The Balaban J connectivity index is 1.50. The van der Waals surface area contributed by atoms with Gasteiger partial charge in [0.2, 0.25) is 0 Å². The monoisotopic (exact) mass is 387 g/mol. The molecule has 3 heterocycles. The van der Waals surface area contributed by atoms with Crippen LogP contribution in [0.25, 0.3) is 0 Å². The van der Waals surface area contributed by atoms with Gasteiger partial charge in [-0.25, -0.2) is 19.9 Å². The molecular weight excluding hydrogens is 366 g/mol. The highest BCUT2D eigenvalue weighted by atomic mass is 16.5. The van der Waals surface area contributed by atoms with Crippen LogP contribution in [0.4, 0.5) is 0 Å². The third-order valence-electron chi connectivity index (χ3n) is 4.65. The Morgan fingerprint density at radius 1 is 1.17 bits per heavy atom. The fourth-order valence-corrected chi connectivity index (χ4v) is 2.96. The molecule has 4 rings (SSSR count). The normalized spacial score (nSPS) is 14.0. The fourth-order valence-electron chi connectivity index (χ4n) is 2.96. The van der Waals surface area contributed by atoms with Crippen molar-refractivity contribution in [1.82, 2.24) is 24.5 Å². The zero-order valence-electron chi connectivity index (χ0n) is 16.4. The largest absolute Gasteiger partial charge is 0.485 e. The van der Waals surface area contributed by atoms with Crippen molar-refractivity contribution < 1.29 is 4.74 Å². The smallest absolute Gasteiger partial charge is 0.255 e. The molecule has 1 aliphatic rings. The van der Waals surface area contributed by atoms with E-state index in [0.29, 0.717) is 23.3 Å². The van der Waals surface area contributed by atoms with Gasteiger partial charge >= 0.3 is 0 Å². The number of hydrogen-bond acceptors (Lipinski definition) is 6. The number of aryl methyl sites for hydroxylation is 1. The second-order valence-electron chi connectivity index (χ2n) is 7.04. The summed E-state index contributed by atoms with van der Waals surface area (Å²) in [5.41, 5.74) is 1.38. The summed E-state index contributed by atoms with van der Waals surface area (Å²) in [5, 5.41) is 0. The molecule has 0 saturated heterocycles. The number of hydrogen-bond donors (Lipinski definition) is 0. The lowest BCUT2D eigenvalue weighted by Crippen LogP contribution is -2.26. The molecule has 0 amide bonds. The Morgan fingerprint density at radius 2 is 1.90 bits per heavy atom. The highest BCUT2D eigenvalue weighted by Gasteiger charge is 2.18. The molecule has 146 valence electrons.